The summed E-state index contributed by atoms with van der Waals surface area (Å²) in [7, 11) is -3.40. The summed E-state index contributed by atoms with van der Waals surface area (Å²) < 4.78 is 30.4. The van der Waals surface area contributed by atoms with Gasteiger partial charge in [0.15, 0.2) is 0 Å². The van der Waals surface area contributed by atoms with E-state index in [0.717, 1.165) is 57.1 Å². The Balaban J connectivity index is 3.40. The van der Waals surface area contributed by atoms with Crippen LogP contribution in [0.15, 0.2) is 6.20 Å². The maximum Gasteiger partial charge on any atom is 0.212 e. The molecule has 0 bridgehead atoms. The Bertz CT molecular complexity index is 790. The minimum Gasteiger partial charge on any atom is -0.246 e. The predicted molar refractivity (Wildman–Crippen MR) is 135 cm³/mol. The van der Waals surface area contributed by atoms with Crippen LogP contribution in [-0.2, 0) is 10.0 Å². The van der Waals surface area contributed by atoms with Gasteiger partial charge in [0.05, 0.1) is 24.2 Å². The summed E-state index contributed by atoms with van der Waals surface area (Å²) in [5.41, 5.74) is 0.205. The van der Waals surface area contributed by atoms with Crippen molar-refractivity contribution < 1.29 is 8.42 Å². The normalized spacial score (nSPS) is 17.8. The van der Waals surface area contributed by atoms with E-state index in [-0.39, 0.29) is 17.5 Å². The number of hydrogen-bond donors (Lipinski definition) is 0. The molecule has 1 aromatic heterocycles. The van der Waals surface area contributed by atoms with Crippen molar-refractivity contribution in [3.05, 3.63) is 11.9 Å². The number of aromatic nitrogens is 3. The van der Waals surface area contributed by atoms with Crippen LogP contribution < -0.4 is 0 Å². The average molecular weight is 471 g/mol. The largest absolute Gasteiger partial charge is 0.246 e. The standard InChI is InChI=1S/C25H50N4O2S/c1-11-15-17-25(9,16-12-2)29(32(10,30)31)24(7,8)18-22(14-4)23-19-26-27-28(23)21(6)20(5)13-3/h19-22H,11-18H2,1-10H3. The second-order valence-electron chi connectivity index (χ2n) is 10.7. The van der Waals surface area contributed by atoms with Crippen LogP contribution >= 0.6 is 0 Å². The highest BCUT2D eigenvalue weighted by Gasteiger charge is 2.46. The summed E-state index contributed by atoms with van der Waals surface area (Å²) in [6.45, 7) is 19.5. The lowest BCUT2D eigenvalue weighted by Crippen LogP contribution is -2.59. The molecule has 0 saturated carbocycles. The monoisotopic (exact) mass is 470 g/mol. The van der Waals surface area contributed by atoms with Crippen molar-refractivity contribution >= 4 is 10.0 Å². The van der Waals surface area contributed by atoms with Gasteiger partial charge in [0, 0.05) is 17.0 Å². The first-order valence-corrected chi connectivity index (χ1v) is 14.5. The number of nitrogens with zero attached hydrogens (tertiary/aromatic N) is 4. The van der Waals surface area contributed by atoms with Crippen molar-refractivity contribution in [2.45, 2.75) is 137 Å². The molecular weight excluding hydrogens is 420 g/mol. The van der Waals surface area contributed by atoms with Crippen LogP contribution in [0.4, 0.5) is 0 Å². The van der Waals surface area contributed by atoms with Gasteiger partial charge in [-0.2, -0.15) is 4.31 Å². The molecule has 0 radical (unpaired) electrons. The SMILES string of the molecule is CCCCC(C)(CCC)N(C(C)(C)CC(CC)c1cnnn1C(C)C(C)CC)S(C)(=O)=O. The first-order valence-electron chi connectivity index (χ1n) is 12.7. The number of unbranched alkanes of at least 4 members (excludes halogenated alkanes) is 1. The maximum absolute atomic E-state index is 13.2. The van der Waals surface area contributed by atoms with E-state index in [1.807, 2.05) is 10.5 Å². The second-order valence-corrected chi connectivity index (χ2v) is 12.6. The lowest BCUT2D eigenvalue weighted by Gasteiger charge is -2.50. The third-order valence-electron chi connectivity index (χ3n) is 7.34. The van der Waals surface area contributed by atoms with Gasteiger partial charge in [0.1, 0.15) is 0 Å². The Labute approximate surface area is 198 Å². The fraction of sp³-hybridized carbons (Fsp3) is 0.920. The maximum atomic E-state index is 13.2. The molecule has 32 heavy (non-hydrogen) atoms. The molecule has 1 rings (SSSR count). The van der Waals surface area contributed by atoms with Gasteiger partial charge in [-0.1, -0.05) is 65.5 Å². The summed E-state index contributed by atoms with van der Waals surface area (Å²) >= 11 is 0. The Morgan fingerprint density at radius 2 is 1.66 bits per heavy atom. The van der Waals surface area contributed by atoms with E-state index in [0.29, 0.717) is 5.92 Å². The van der Waals surface area contributed by atoms with Gasteiger partial charge < -0.3 is 0 Å². The average Bonchev–Trinajstić information content (AvgIpc) is 3.17. The molecule has 0 aromatic carbocycles. The molecule has 0 aliphatic rings. The van der Waals surface area contributed by atoms with Gasteiger partial charge in [-0.05, 0) is 59.3 Å². The van der Waals surface area contributed by atoms with Crippen molar-refractivity contribution in [2.75, 3.05) is 6.26 Å². The molecule has 0 amide bonds. The van der Waals surface area contributed by atoms with Gasteiger partial charge >= 0.3 is 0 Å². The Kier molecular flexibility index (Phi) is 10.9. The molecule has 0 N–H and O–H groups in total. The van der Waals surface area contributed by atoms with Crippen molar-refractivity contribution in [3.63, 3.8) is 0 Å². The highest BCUT2D eigenvalue weighted by Crippen LogP contribution is 2.41. The minimum absolute atomic E-state index is 0.188. The predicted octanol–water partition coefficient (Wildman–Crippen LogP) is 6.56. The van der Waals surface area contributed by atoms with Crippen LogP contribution in [0.3, 0.4) is 0 Å². The van der Waals surface area contributed by atoms with E-state index in [9.17, 15) is 8.42 Å². The molecule has 7 heteroatoms. The van der Waals surface area contributed by atoms with Crippen LogP contribution in [0.5, 0.6) is 0 Å². The van der Waals surface area contributed by atoms with Crippen LogP contribution in [-0.4, -0.2) is 45.1 Å². The van der Waals surface area contributed by atoms with E-state index in [4.69, 9.17) is 0 Å². The highest BCUT2D eigenvalue weighted by molar-refractivity contribution is 7.88. The van der Waals surface area contributed by atoms with E-state index < -0.39 is 15.6 Å². The molecule has 0 fully saturated rings. The van der Waals surface area contributed by atoms with Crippen molar-refractivity contribution in [1.82, 2.24) is 19.3 Å². The van der Waals surface area contributed by atoms with Crippen LogP contribution in [0, 0.1) is 5.92 Å². The molecule has 0 aliphatic carbocycles. The fourth-order valence-electron chi connectivity index (χ4n) is 5.59. The molecular formula is C25H50N4O2S. The van der Waals surface area contributed by atoms with Crippen LogP contribution in [0.1, 0.15) is 131 Å². The second kappa shape index (κ2) is 12.0. The van der Waals surface area contributed by atoms with Gasteiger partial charge in [0.25, 0.3) is 0 Å². The zero-order valence-corrected chi connectivity index (χ0v) is 23.3. The van der Waals surface area contributed by atoms with Crippen molar-refractivity contribution in [1.29, 1.82) is 0 Å². The van der Waals surface area contributed by atoms with Crippen LogP contribution in [0.25, 0.3) is 0 Å². The summed E-state index contributed by atoms with van der Waals surface area (Å²) in [4.78, 5) is 0. The van der Waals surface area contributed by atoms with E-state index in [1.54, 1.807) is 0 Å². The number of hydrogen-bond acceptors (Lipinski definition) is 4. The summed E-state index contributed by atoms with van der Waals surface area (Å²) in [5, 5.41) is 8.68. The van der Waals surface area contributed by atoms with Gasteiger partial charge in [0.2, 0.25) is 10.0 Å². The molecule has 0 saturated heterocycles. The fourth-order valence-corrected chi connectivity index (χ4v) is 7.55. The topological polar surface area (TPSA) is 68.1 Å². The van der Waals surface area contributed by atoms with Gasteiger partial charge in [-0.3, -0.25) is 0 Å². The molecule has 1 heterocycles. The van der Waals surface area contributed by atoms with E-state index in [1.165, 1.54) is 6.26 Å². The summed E-state index contributed by atoms with van der Waals surface area (Å²) in [5.74, 6) is 0.684. The van der Waals surface area contributed by atoms with Crippen molar-refractivity contribution in [3.8, 4) is 0 Å². The zero-order chi connectivity index (χ0) is 24.7. The zero-order valence-electron chi connectivity index (χ0n) is 22.5. The number of sulfonamides is 1. The Morgan fingerprint density at radius 1 is 1.03 bits per heavy atom. The highest BCUT2D eigenvalue weighted by atomic mass is 32.2. The smallest absolute Gasteiger partial charge is 0.212 e. The first-order chi connectivity index (χ1) is 14.8. The molecule has 6 nitrogen and oxygen atoms in total. The molecule has 4 unspecified atom stereocenters. The quantitative estimate of drug-likeness (QED) is 0.291. The van der Waals surface area contributed by atoms with E-state index >= 15 is 0 Å². The molecule has 1 aromatic rings. The lowest BCUT2D eigenvalue weighted by atomic mass is 9.81. The van der Waals surface area contributed by atoms with E-state index in [2.05, 4.69) is 77.3 Å². The lowest BCUT2D eigenvalue weighted by molar-refractivity contribution is 0.0684. The van der Waals surface area contributed by atoms with Gasteiger partial charge in [-0.25, -0.2) is 13.1 Å². The summed E-state index contributed by atoms with van der Waals surface area (Å²) in [6, 6.07) is 0.260. The molecule has 4 atom stereocenters. The third kappa shape index (κ3) is 7.02. The molecule has 0 aliphatic heterocycles. The van der Waals surface area contributed by atoms with Crippen LogP contribution in [0.2, 0.25) is 0 Å². The Hall–Kier alpha value is -0.950. The first kappa shape index (κ1) is 29.1. The van der Waals surface area contributed by atoms with Crippen molar-refractivity contribution in [2.24, 2.45) is 5.92 Å². The molecule has 0 spiro atoms. The Morgan fingerprint density at radius 3 is 2.12 bits per heavy atom. The third-order valence-corrected chi connectivity index (χ3v) is 8.94. The molecule has 188 valence electrons. The number of rotatable bonds is 15. The van der Waals surface area contributed by atoms with Gasteiger partial charge in [-0.15, -0.1) is 5.10 Å². The summed E-state index contributed by atoms with van der Waals surface area (Å²) in [6.07, 6.45) is 10.8. The minimum atomic E-state index is -3.40.